The SMILES string of the molecule is N#CSc1c(N)nc[nH]c1=O. The number of hydrogen-bond acceptors (Lipinski definition) is 5. The number of nitrogens with zero attached hydrogens (tertiary/aromatic N) is 2. The summed E-state index contributed by atoms with van der Waals surface area (Å²) in [7, 11) is 0. The maximum absolute atomic E-state index is 10.9. The Hall–Kier alpha value is -1.48. The second-order valence-corrected chi connectivity index (χ2v) is 2.43. The summed E-state index contributed by atoms with van der Waals surface area (Å²) >= 11 is 0.703. The van der Waals surface area contributed by atoms with E-state index in [1.165, 1.54) is 6.33 Å². The van der Waals surface area contributed by atoms with E-state index in [1.807, 2.05) is 0 Å². The van der Waals surface area contributed by atoms with E-state index in [0.29, 0.717) is 11.8 Å². The summed E-state index contributed by atoms with van der Waals surface area (Å²) in [5.74, 6) is 0.0836. The van der Waals surface area contributed by atoms with Crippen LogP contribution in [0.3, 0.4) is 0 Å². The summed E-state index contributed by atoms with van der Waals surface area (Å²) < 4.78 is 0. The summed E-state index contributed by atoms with van der Waals surface area (Å²) in [4.78, 5) is 16.9. The number of hydrogen-bond donors (Lipinski definition) is 2. The van der Waals surface area contributed by atoms with Gasteiger partial charge in [0.2, 0.25) is 0 Å². The van der Waals surface area contributed by atoms with Crippen molar-refractivity contribution in [3.8, 4) is 5.40 Å². The highest BCUT2D eigenvalue weighted by molar-refractivity contribution is 8.03. The molecule has 0 aliphatic rings. The van der Waals surface area contributed by atoms with Gasteiger partial charge in [0.15, 0.2) is 0 Å². The zero-order valence-electron chi connectivity index (χ0n) is 5.37. The first-order valence-corrected chi connectivity index (χ1v) is 3.46. The molecule has 0 spiro atoms. The molecule has 0 fully saturated rings. The van der Waals surface area contributed by atoms with Gasteiger partial charge in [-0.15, -0.1) is 0 Å². The molecule has 1 rings (SSSR count). The third kappa shape index (κ3) is 1.50. The van der Waals surface area contributed by atoms with Crippen LogP contribution in [0.15, 0.2) is 16.0 Å². The zero-order valence-corrected chi connectivity index (χ0v) is 6.18. The van der Waals surface area contributed by atoms with Crippen LogP contribution in [-0.2, 0) is 0 Å². The summed E-state index contributed by atoms with van der Waals surface area (Å²) in [6, 6.07) is 0. The molecule has 0 bridgehead atoms. The fourth-order valence-electron chi connectivity index (χ4n) is 0.545. The van der Waals surface area contributed by atoms with Gasteiger partial charge in [0.1, 0.15) is 16.1 Å². The first kappa shape index (κ1) is 7.63. The molecule has 3 N–H and O–H groups in total. The minimum absolute atomic E-state index is 0.0836. The smallest absolute Gasteiger partial charge is 0.267 e. The standard InChI is InChI=1S/C5H4N4OS/c6-1-11-3-4(7)8-2-9-5(3)10/h2H,(H3,7,8,9,10). The van der Waals surface area contributed by atoms with Gasteiger partial charge in [0, 0.05) is 0 Å². The summed E-state index contributed by atoms with van der Waals surface area (Å²) in [6.07, 6.45) is 1.19. The summed E-state index contributed by atoms with van der Waals surface area (Å²) in [6.45, 7) is 0. The lowest BCUT2D eigenvalue weighted by Crippen LogP contribution is -2.11. The van der Waals surface area contributed by atoms with E-state index in [0.717, 1.165) is 0 Å². The molecule has 0 saturated heterocycles. The highest BCUT2D eigenvalue weighted by Crippen LogP contribution is 2.15. The lowest BCUT2D eigenvalue weighted by atomic mass is 10.6. The number of nitrogen functional groups attached to an aromatic ring is 1. The van der Waals surface area contributed by atoms with Crippen molar-refractivity contribution in [1.29, 1.82) is 5.26 Å². The van der Waals surface area contributed by atoms with E-state index in [-0.39, 0.29) is 16.3 Å². The number of aromatic amines is 1. The van der Waals surface area contributed by atoms with Crippen molar-refractivity contribution in [1.82, 2.24) is 9.97 Å². The lowest BCUT2D eigenvalue weighted by molar-refractivity contribution is 1.05. The van der Waals surface area contributed by atoms with Crippen molar-refractivity contribution in [3.63, 3.8) is 0 Å². The van der Waals surface area contributed by atoms with Crippen molar-refractivity contribution in [3.05, 3.63) is 16.7 Å². The van der Waals surface area contributed by atoms with Crippen LogP contribution >= 0.6 is 11.8 Å². The number of thiocyanates is 1. The Morgan fingerprint density at radius 3 is 3.09 bits per heavy atom. The van der Waals surface area contributed by atoms with Crippen molar-refractivity contribution in [2.45, 2.75) is 4.90 Å². The number of rotatable bonds is 1. The van der Waals surface area contributed by atoms with Gasteiger partial charge in [-0.05, 0) is 11.8 Å². The van der Waals surface area contributed by atoms with E-state index in [1.54, 1.807) is 5.40 Å². The van der Waals surface area contributed by atoms with Gasteiger partial charge in [0.05, 0.1) is 6.33 Å². The normalized spacial score (nSPS) is 9.00. The van der Waals surface area contributed by atoms with Crippen molar-refractivity contribution in [2.24, 2.45) is 0 Å². The molecular formula is C5H4N4OS. The molecule has 0 aliphatic carbocycles. The number of nitrogens with one attached hydrogen (secondary N) is 1. The predicted octanol–water partition coefficient (Wildman–Crippen LogP) is -0.0747. The number of H-pyrrole nitrogens is 1. The van der Waals surface area contributed by atoms with Gasteiger partial charge in [-0.3, -0.25) is 4.79 Å². The monoisotopic (exact) mass is 168 g/mol. The lowest BCUT2D eigenvalue weighted by Gasteiger charge is -1.94. The summed E-state index contributed by atoms with van der Waals surface area (Å²) in [5, 5.41) is 9.99. The molecule has 0 radical (unpaired) electrons. The van der Waals surface area contributed by atoms with Crippen LogP contribution in [-0.4, -0.2) is 9.97 Å². The third-order valence-corrected chi connectivity index (χ3v) is 1.68. The second-order valence-electron chi connectivity index (χ2n) is 1.64. The molecule has 1 heterocycles. The molecule has 0 unspecified atom stereocenters. The highest BCUT2D eigenvalue weighted by atomic mass is 32.2. The molecule has 1 aromatic heterocycles. The average molecular weight is 168 g/mol. The van der Waals surface area contributed by atoms with Crippen LogP contribution in [0, 0.1) is 10.7 Å². The Balaban J connectivity index is 3.24. The number of anilines is 1. The minimum atomic E-state index is -0.385. The Morgan fingerprint density at radius 1 is 1.82 bits per heavy atom. The first-order valence-electron chi connectivity index (χ1n) is 2.65. The van der Waals surface area contributed by atoms with E-state index in [2.05, 4.69) is 9.97 Å². The quantitative estimate of drug-likeness (QED) is 0.452. The molecule has 5 nitrogen and oxygen atoms in total. The van der Waals surface area contributed by atoms with Crippen LogP contribution in [0.5, 0.6) is 0 Å². The number of nitrogens with two attached hydrogens (primary N) is 1. The third-order valence-electron chi connectivity index (χ3n) is 0.986. The van der Waals surface area contributed by atoms with Gasteiger partial charge >= 0.3 is 0 Å². The number of nitriles is 1. The van der Waals surface area contributed by atoms with Crippen LogP contribution in [0.25, 0.3) is 0 Å². The predicted molar refractivity (Wildman–Crippen MR) is 40.7 cm³/mol. The zero-order chi connectivity index (χ0) is 8.27. The first-order chi connectivity index (χ1) is 5.25. The van der Waals surface area contributed by atoms with Crippen LogP contribution < -0.4 is 11.3 Å². The molecular weight excluding hydrogens is 164 g/mol. The molecule has 0 atom stereocenters. The van der Waals surface area contributed by atoms with Crippen LogP contribution in [0.2, 0.25) is 0 Å². The van der Waals surface area contributed by atoms with Crippen molar-refractivity contribution in [2.75, 3.05) is 5.73 Å². The molecule has 56 valence electrons. The van der Waals surface area contributed by atoms with Gasteiger partial charge in [-0.25, -0.2) is 4.98 Å². The van der Waals surface area contributed by atoms with Gasteiger partial charge in [-0.2, -0.15) is 5.26 Å². The van der Waals surface area contributed by atoms with Crippen molar-refractivity contribution >= 4 is 17.6 Å². The second kappa shape index (κ2) is 3.07. The Kier molecular flexibility index (Phi) is 2.13. The van der Waals surface area contributed by atoms with E-state index < -0.39 is 0 Å². The topological polar surface area (TPSA) is 95.6 Å². The number of thioether (sulfide) groups is 1. The van der Waals surface area contributed by atoms with E-state index >= 15 is 0 Å². The summed E-state index contributed by atoms with van der Waals surface area (Å²) in [5.41, 5.74) is 4.92. The van der Waals surface area contributed by atoms with E-state index in [4.69, 9.17) is 11.0 Å². The maximum Gasteiger partial charge on any atom is 0.267 e. The largest absolute Gasteiger partial charge is 0.383 e. The fourth-order valence-corrected chi connectivity index (χ4v) is 0.945. The number of aromatic nitrogens is 2. The van der Waals surface area contributed by atoms with Crippen molar-refractivity contribution < 1.29 is 0 Å². The minimum Gasteiger partial charge on any atom is -0.383 e. The van der Waals surface area contributed by atoms with Gasteiger partial charge < -0.3 is 10.7 Å². The molecule has 6 heteroatoms. The molecule has 11 heavy (non-hydrogen) atoms. The van der Waals surface area contributed by atoms with E-state index in [9.17, 15) is 4.79 Å². The molecule has 0 aromatic carbocycles. The Morgan fingerprint density at radius 2 is 2.55 bits per heavy atom. The van der Waals surface area contributed by atoms with Gasteiger partial charge in [0.25, 0.3) is 5.56 Å². The average Bonchev–Trinajstić information content (AvgIpc) is 1.97. The molecule has 1 aromatic rings. The molecule has 0 aliphatic heterocycles. The Bertz CT molecular complexity index is 352. The van der Waals surface area contributed by atoms with Crippen LogP contribution in [0.4, 0.5) is 5.82 Å². The highest BCUT2D eigenvalue weighted by Gasteiger charge is 2.04. The Labute approximate surface area is 66.3 Å². The molecule has 0 saturated carbocycles. The maximum atomic E-state index is 10.9. The fraction of sp³-hybridized carbons (Fsp3) is 0. The molecule has 0 amide bonds. The van der Waals surface area contributed by atoms with Gasteiger partial charge in [-0.1, -0.05) is 0 Å². The van der Waals surface area contributed by atoms with Crippen LogP contribution in [0.1, 0.15) is 0 Å².